The van der Waals surface area contributed by atoms with Crippen LogP contribution in [0.15, 0.2) is 255 Å². The molecule has 0 aliphatic rings. The fourth-order valence-corrected chi connectivity index (χ4v) is 10.2. The van der Waals surface area contributed by atoms with Crippen molar-refractivity contribution in [3.8, 4) is 66.8 Å². The molecule has 0 saturated carbocycles. The van der Waals surface area contributed by atoms with Crippen LogP contribution in [0.5, 0.6) is 0 Å². The van der Waals surface area contributed by atoms with Crippen LogP contribution in [-0.4, -0.2) is 0 Å². The monoisotopic (exact) mass is 836 g/mol. The van der Waals surface area contributed by atoms with Crippen molar-refractivity contribution >= 4 is 55.2 Å². The van der Waals surface area contributed by atoms with Crippen molar-refractivity contribution < 1.29 is 0 Å². The van der Waals surface area contributed by atoms with Gasteiger partial charge in [0.05, 0.1) is 0 Å². The summed E-state index contributed by atoms with van der Waals surface area (Å²) in [6.07, 6.45) is 4.46. The molecule has 0 amide bonds. The zero-order valence-corrected chi connectivity index (χ0v) is 36.4. The van der Waals surface area contributed by atoms with Crippen LogP contribution in [0.1, 0.15) is 11.1 Å². The number of rotatable bonds is 8. The van der Waals surface area contributed by atoms with Crippen LogP contribution >= 0.6 is 0 Å². The van der Waals surface area contributed by atoms with Gasteiger partial charge in [0.15, 0.2) is 0 Å². The molecule has 0 bridgehead atoms. The maximum atomic E-state index is 2.36. The van der Waals surface area contributed by atoms with Crippen molar-refractivity contribution in [2.24, 2.45) is 0 Å². The van der Waals surface area contributed by atoms with Crippen molar-refractivity contribution in [3.05, 3.63) is 266 Å². The van der Waals surface area contributed by atoms with Gasteiger partial charge in [0.25, 0.3) is 0 Å². The van der Waals surface area contributed by atoms with Gasteiger partial charge in [-0.3, -0.25) is 0 Å². The normalized spacial score (nSPS) is 11.6. The lowest BCUT2D eigenvalue weighted by Crippen LogP contribution is -1.91. The lowest BCUT2D eigenvalue weighted by atomic mass is 9.85. The third kappa shape index (κ3) is 7.06. The summed E-state index contributed by atoms with van der Waals surface area (Å²) >= 11 is 0. The minimum Gasteiger partial charge on any atom is -0.0622 e. The minimum atomic E-state index is 1.16. The van der Waals surface area contributed by atoms with Crippen LogP contribution in [0, 0.1) is 0 Å². The maximum absolute atomic E-state index is 2.36. The van der Waals surface area contributed by atoms with E-state index >= 15 is 0 Å². The molecule has 0 nitrogen and oxygen atoms in total. The Hall–Kier alpha value is -8.58. The maximum Gasteiger partial charge on any atom is -0.00262 e. The summed E-state index contributed by atoms with van der Waals surface area (Å²) in [5.74, 6) is 0. The van der Waals surface area contributed by atoms with Crippen molar-refractivity contribution in [2.45, 2.75) is 0 Å². The summed E-state index contributed by atoms with van der Waals surface area (Å²) in [6.45, 7) is 0. The molecule has 0 radical (unpaired) electrons. The standard InChI is InChI=1S/C66H44/c1-3-20-48(21-4-1)63-55-28-7-9-30-57(55)65(58-31-10-8-29-56(58)63)50-40-38-47(39-41-50)51-24-15-18-45(42-51)36-37-46-19-16-25-52(43-46)53-26-17-27-54(44-53)66-61-34-13-11-32-59(61)64(49-22-5-2-6-23-49)60-33-12-14-35-62(60)66/h1-44H. The minimum absolute atomic E-state index is 1.16. The molecule has 0 heteroatoms. The fraction of sp³-hybridized carbons (Fsp3) is 0. The van der Waals surface area contributed by atoms with Gasteiger partial charge in [0.1, 0.15) is 0 Å². The van der Waals surface area contributed by atoms with E-state index in [0.29, 0.717) is 0 Å². The molecular formula is C66H44. The molecule has 0 saturated heterocycles. The van der Waals surface area contributed by atoms with Crippen LogP contribution in [-0.2, 0) is 0 Å². The van der Waals surface area contributed by atoms with Gasteiger partial charge >= 0.3 is 0 Å². The molecule has 12 aromatic rings. The second kappa shape index (κ2) is 16.8. The SMILES string of the molecule is C(=Cc1cccc(-c2cccc(-c3c4ccccc4c(-c4ccccc4)c4ccccc34)c2)c1)c1cccc(-c2ccc(-c3c4ccccc4c(-c4ccccc4)c4ccccc34)cc2)c1. The summed E-state index contributed by atoms with van der Waals surface area (Å²) in [5.41, 5.74) is 17.1. The molecule has 0 heterocycles. The van der Waals surface area contributed by atoms with E-state index in [4.69, 9.17) is 0 Å². The topological polar surface area (TPSA) is 0 Å². The third-order valence-corrected chi connectivity index (χ3v) is 13.2. The molecule has 0 aliphatic carbocycles. The summed E-state index contributed by atoms with van der Waals surface area (Å²) in [5, 5.41) is 10.1. The molecule has 0 unspecified atom stereocenters. The average molecular weight is 837 g/mol. The first-order valence-electron chi connectivity index (χ1n) is 22.8. The summed E-state index contributed by atoms with van der Waals surface area (Å²) < 4.78 is 0. The Labute approximate surface area is 386 Å². The van der Waals surface area contributed by atoms with Crippen LogP contribution in [0.2, 0.25) is 0 Å². The Morgan fingerprint density at radius 2 is 0.424 bits per heavy atom. The van der Waals surface area contributed by atoms with Gasteiger partial charge in [0, 0.05) is 0 Å². The molecule has 0 fully saturated rings. The van der Waals surface area contributed by atoms with Crippen molar-refractivity contribution in [2.75, 3.05) is 0 Å². The smallest absolute Gasteiger partial charge is 0.00262 e. The highest BCUT2D eigenvalue weighted by Crippen LogP contribution is 2.46. The van der Waals surface area contributed by atoms with E-state index in [9.17, 15) is 0 Å². The molecule has 66 heavy (non-hydrogen) atoms. The lowest BCUT2D eigenvalue weighted by Gasteiger charge is -2.18. The molecule has 0 N–H and O–H groups in total. The Kier molecular flexibility index (Phi) is 9.97. The highest BCUT2D eigenvalue weighted by atomic mass is 14.2. The molecule has 308 valence electrons. The van der Waals surface area contributed by atoms with Gasteiger partial charge in [-0.05, 0) is 139 Å². The molecule has 0 aromatic heterocycles. The Bertz CT molecular complexity index is 3670. The van der Waals surface area contributed by atoms with E-state index < -0.39 is 0 Å². The quantitative estimate of drug-likeness (QED) is 0.106. The summed E-state index contributed by atoms with van der Waals surface area (Å²) in [6, 6.07) is 92.9. The highest BCUT2D eigenvalue weighted by Gasteiger charge is 2.18. The van der Waals surface area contributed by atoms with E-state index in [0.717, 1.165) is 11.1 Å². The Morgan fingerprint density at radius 3 is 0.818 bits per heavy atom. The number of hydrogen-bond acceptors (Lipinski definition) is 0. The first-order valence-corrected chi connectivity index (χ1v) is 22.8. The fourth-order valence-electron chi connectivity index (χ4n) is 10.2. The summed E-state index contributed by atoms with van der Waals surface area (Å²) in [7, 11) is 0. The van der Waals surface area contributed by atoms with Gasteiger partial charge in [-0.25, -0.2) is 0 Å². The number of benzene rings is 12. The van der Waals surface area contributed by atoms with E-state index in [1.807, 2.05) is 0 Å². The highest BCUT2D eigenvalue weighted by molar-refractivity contribution is 6.22. The molecule has 0 aliphatic heterocycles. The van der Waals surface area contributed by atoms with Gasteiger partial charge < -0.3 is 0 Å². The van der Waals surface area contributed by atoms with Crippen molar-refractivity contribution in [1.29, 1.82) is 0 Å². The lowest BCUT2D eigenvalue weighted by molar-refractivity contribution is 1.58. The molecule has 0 atom stereocenters. The molecule has 0 spiro atoms. The van der Waals surface area contributed by atoms with Gasteiger partial charge in [-0.2, -0.15) is 0 Å². The van der Waals surface area contributed by atoms with E-state index in [2.05, 4.69) is 267 Å². The largest absolute Gasteiger partial charge is 0.0622 e. The predicted octanol–water partition coefficient (Wildman–Crippen LogP) is 18.5. The van der Waals surface area contributed by atoms with E-state index in [-0.39, 0.29) is 0 Å². The predicted molar refractivity (Wildman–Crippen MR) is 284 cm³/mol. The van der Waals surface area contributed by atoms with Gasteiger partial charge in [-0.15, -0.1) is 0 Å². The van der Waals surface area contributed by atoms with Crippen molar-refractivity contribution in [1.82, 2.24) is 0 Å². The second-order valence-electron chi connectivity index (χ2n) is 17.2. The van der Waals surface area contributed by atoms with Crippen LogP contribution < -0.4 is 0 Å². The third-order valence-electron chi connectivity index (χ3n) is 13.2. The first kappa shape index (κ1) is 39.0. The number of fused-ring (bicyclic) bond motifs is 4. The van der Waals surface area contributed by atoms with Crippen LogP contribution in [0.3, 0.4) is 0 Å². The van der Waals surface area contributed by atoms with Crippen molar-refractivity contribution in [3.63, 3.8) is 0 Å². The molecule has 12 aromatic carbocycles. The second-order valence-corrected chi connectivity index (χ2v) is 17.2. The van der Waals surface area contributed by atoms with Gasteiger partial charge in [-0.1, -0.05) is 249 Å². The molecule has 12 rings (SSSR count). The van der Waals surface area contributed by atoms with Crippen LogP contribution in [0.25, 0.3) is 122 Å². The average Bonchev–Trinajstić information content (AvgIpc) is 3.39. The van der Waals surface area contributed by atoms with Crippen LogP contribution in [0.4, 0.5) is 0 Å². The summed E-state index contributed by atoms with van der Waals surface area (Å²) in [4.78, 5) is 0. The zero-order chi connectivity index (χ0) is 43.8. The Balaban J connectivity index is 0.847. The van der Waals surface area contributed by atoms with E-state index in [1.165, 1.54) is 110 Å². The van der Waals surface area contributed by atoms with E-state index in [1.54, 1.807) is 0 Å². The Morgan fingerprint density at radius 1 is 0.167 bits per heavy atom. The first-order chi connectivity index (χ1) is 32.7. The van der Waals surface area contributed by atoms with Gasteiger partial charge in [0.2, 0.25) is 0 Å². The number of hydrogen-bond donors (Lipinski definition) is 0. The zero-order valence-electron chi connectivity index (χ0n) is 36.4. The molecular weight excluding hydrogens is 793 g/mol.